The molecule has 0 fully saturated rings. The zero-order valence-corrected chi connectivity index (χ0v) is 16.7. The molecule has 0 amide bonds. The summed E-state index contributed by atoms with van der Waals surface area (Å²) < 4.78 is 10.3. The Hall–Kier alpha value is -4.21. The number of anilines is 4. The summed E-state index contributed by atoms with van der Waals surface area (Å²) in [5, 5.41) is 10.2. The monoisotopic (exact) mass is 407 g/mol. The molecule has 0 unspecified atom stereocenters. The van der Waals surface area contributed by atoms with E-state index in [0.29, 0.717) is 23.4 Å². The van der Waals surface area contributed by atoms with Gasteiger partial charge in [-0.2, -0.15) is 20.1 Å². The highest BCUT2D eigenvalue weighted by Gasteiger charge is 2.08. The number of hydrazone groups is 1. The molecule has 0 saturated heterocycles. The van der Waals surface area contributed by atoms with Crippen molar-refractivity contribution < 1.29 is 14.3 Å². The molecule has 3 aromatic rings. The molecule has 0 radical (unpaired) electrons. The van der Waals surface area contributed by atoms with Gasteiger partial charge in [-0.15, -0.1) is 0 Å². The Balaban J connectivity index is 1.73. The molecule has 3 rings (SSSR count). The van der Waals surface area contributed by atoms with Crippen molar-refractivity contribution in [3.8, 4) is 11.5 Å². The van der Waals surface area contributed by atoms with Crippen molar-refractivity contribution in [2.24, 2.45) is 5.10 Å². The van der Waals surface area contributed by atoms with Gasteiger partial charge in [-0.25, -0.2) is 5.43 Å². The molecule has 0 bridgehead atoms. The number of ether oxygens (including phenoxy) is 2. The SMILES string of the molecule is CNc1nc(N/N=C/c2ccc(OC(C)=O)c(OC)c2)nc(Nc2ccccc2)n1. The number of para-hydroxylation sites is 1. The van der Waals surface area contributed by atoms with Crippen LogP contribution >= 0.6 is 0 Å². The molecular weight excluding hydrogens is 386 g/mol. The van der Waals surface area contributed by atoms with E-state index in [1.54, 1.807) is 31.5 Å². The number of methoxy groups -OCH3 is 1. The summed E-state index contributed by atoms with van der Waals surface area (Å²) in [5.41, 5.74) is 4.35. The number of benzene rings is 2. The summed E-state index contributed by atoms with van der Waals surface area (Å²) in [5.74, 6) is 1.34. The Morgan fingerprint density at radius 3 is 2.43 bits per heavy atom. The molecule has 0 spiro atoms. The summed E-state index contributed by atoms with van der Waals surface area (Å²) in [6.07, 6.45) is 1.56. The van der Waals surface area contributed by atoms with E-state index in [-0.39, 0.29) is 5.95 Å². The van der Waals surface area contributed by atoms with Crippen molar-refractivity contribution in [1.29, 1.82) is 0 Å². The van der Waals surface area contributed by atoms with E-state index < -0.39 is 5.97 Å². The summed E-state index contributed by atoms with van der Waals surface area (Å²) >= 11 is 0. The van der Waals surface area contributed by atoms with Crippen molar-refractivity contribution >= 4 is 35.7 Å². The predicted molar refractivity (Wildman–Crippen MR) is 115 cm³/mol. The third-order valence-corrected chi connectivity index (χ3v) is 3.71. The minimum absolute atomic E-state index is 0.257. The third-order valence-electron chi connectivity index (χ3n) is 3.71. The van der Waals surface area contributed by atoms with Crippen LogP contribution in [0.15, 0.2) is 53.6 Å². The largest absolute Gasteiger partial charge is 0.493 e. The maximum absolute atomic E-state index is 11.1. The van der Waals surface area contributed by atoms with Crippen LogP contribution in [-0.2, 0) is 4.79 Å². The second-order valence-corrected chi connectivity index (χ2v) is 5.92. The second kappa shape index (κ2) is 9.82. The fraction of sp³-hybridized carbons (Fsp3) is 0.150. The van der Waals surface area contributed by atoms with Crippen LogP contribution in [-0.4, -0.2) is 41.3 Å². The van der Waals surface area contributed by atoms with E-state index in [1.807, 2.05) is 30.3 Å². The fourth-order valence-corrected chi connectivity index (χ4v) is 2.41. The first-order chi connectivity index (χ1) is 14.6. The first-order valence-corrected chi connectivity index (χ1v) is 8.99. The van der Waals surface area contributed by atoms with Gasteiger partial charge in [0.1, 0.15) is 0 Å². The molecular formula is C20H21N7O3. The van der Waals surface area contributed by atoms with Gasteiger partial charge in [0, 0.05) is 19.7 Å². The van der Waals surface area contributed by atoms with E-state index >= 15 is 0 Å². The molecule has 30 heavy (non-hydrogen) atoms. The highest BCUT2D eigenvalue weighted by molar-refractivity contribution is 5.82. The molecule has 0 saturated carbocycles. The van der Waals surface area contributed by atoms with Crippen LogP contribution in [0.2, 0.25) is 0 Å². The average Bonchev–Trinajstić information content (AvgIpc) is 2.75. The Kier molecular flexibility index (Phi) is 6.72. The third kappa shape index (κ3) is 5.64. The molecule has 10 heteroatoms. The summed E-state index contributed by atoms with van der Waals surface area (Å²) in [7, 11) is 3.21. The molecule has 2 aromatic carbocycles. The zero-order chi connectivity index (χ0) is 21.3. The molecule has 0 aliphatic rings. The second-order valence-electron chi connectivity index (χ2n) is 5.92. The van der Waals surface area contributed by atoms with E-state index in [9.17, 15) is 4.79 Å². The number of esters is 1. The lowest BCUT2D eigenvalue weighted by molar-refractivity contribution is -0.132. The number of hydrogen-bond acceptors (Lipinski definition) is 10. The van der Waals surface area contributed by atoms with Gasteiger partial charge in [-0.05, 0) is 35.9 Å². The summed E-state index contributed by atoms with van der Waals surface area (Å²) in [4.78, 5) is 24.0. The lowest BCUT2D eigenvalue weighted by Crippen LogP contribution is -2.07. The van der Waals surface area contributed by atoms with E-state index in [0.717, 1.165) is 11.3 Å². The number of carbonyl (C=O) groups excluding carboxylic acids is 1. The first kappa shape index (κ1) is 20.5. The van der Waals surface area contributed by atoms with Crippen molar-refractivity contribution in [2.45, 2.75) is 6.92 Å². The molecule has 0 atom stereocenters. The summed E-state index contributed by atoms with van der Waals surface area (Å²) in [6.45, 7) is 1.33. The molecule has 0 aliphatic heterocycles. The molecule has 10 nitrogen and oxygen atoms in total. The number of carbonyl (C=O) groups is 1. The quantitative estimate of drug-likeness (QED) is 0.224. The fourth-order valence-electron chi connectivity index (χ4n) is 2.41. The summed E-state index contributed by atoms with van der Waals surface area (Å²) in [6, 6.07) is 14.6. The van der Waals surface area contributed by atoms with Gasteiger partial charge in [-0.3, -0.25) is 4.79 Å². The highest BCUT2D eigenvalue weighted by Crippen LogP contribution is 2.27. The van der Waals surface area contributed by atoms with Crippen molar-refractivity contribution in [2.75, 3.05) is 30.2 Å². The normalized spacial score (nSPS) is 10.5. The lowest BCUT2D eigenvalue weighted by Gasteiger charge is -2.09. The van der Waals surface area contributed by atoms with Crippen molar-refractivity contribution in [1.82, 2.24) is 15.0 Å². The van der Waals surface area contributed by atoms with Gasteiger partial charge in [0.15, 0.2) is 11.5 Å². The van der Waals surface area contributed by atoms with Gasteiger partial charge in [-0.1, -0.05) is 18.2 Å². The topological polar surface area (TPSA) is 123 Å². The van der Waals surface area contributed by atoms with E-state index in [1.165, 1.54) is 14.0 Å². The van der Waals surface area contributed by atoms with Gasteiger partial charge in [0.2, 0.25) is 17.8 Å². The van der Waals surface area contributed by atoms with Crippen LogP contribution in [0.5, 0.6) is 11.5 Å². The maximum Gasteiger partial charge on any atom is 0.308 e. The Labute approximate surface area is 173 Å². The smallest absolute Gasteiger partial charge is 0.308 e. The van der Waals surface area contributed by atoms with Crippen LogP contribution in [0, 0.1) is 0 Å². The highest BCUT2D eigenvalue weighted by atomic mass is 16.6. The van der Waals surface area contributed by atoms with Gasteiger partial charge >= 0.3 is 5.97 Å². The van der Waals surface area contributed by atoms with Crippen molar-refractivity contribution in [3.05, 3.63) is 54.1 Å². The van der Waals surface area contributed by atoms with Crippen LogP contribution < -0.4 is 25.5 Å². The lowest BCUT2D eigenvalue weighted by atomic mass is 10.2. The standard InChI is InChI=1S/C20H21N7O3/c1-13(28)30-16-10-9-14(11-17(16)29-3)12-22-27-20-25-18(21-2)24-19(26-20)23-15-7-5-4-6-8-15/h4-12H,1-3H3,(H3,21,23,24,25,26,27)/b22-12+. The average molecular weight is 407 g/mol. The Morgan fingerprint density at radius 2 is 1.73 bits per heavy atom. The van der Waals surface area contributed by atoms with E-state index in [4.69, 9.17) is 9.47 Å². The minimum atomic E-state index is -0.425. The number of aromatic nitrogens is 3. The molecule has 154 valence electrons. The van der Waals surface area contributed by atoms with Gasteiger partial charge < -0.3 is 20.1 Å². The predicted octanol–water partition coefficient (Wildman–Crippen LogP) is 3.04. The first-order valence-electron chi connectivity index (χ1n) is 8.99. The number of nitrogens with one attached hydrogen (secondary N) is 3. The maximum atomic E-state index is 11.1. The van der Waals surface area contributed by atoms with Crippen molar-refractivity contribution in [3.63, 3.8) is 0 Å². The van der Waals surface area contributed by atoms with E-state index in [2.05, 4.69) is 36.1 Å². The van der Waals surface area contributed by atoms with Crippen LogP contribution in [0.3, 0.4) is 0 Å². The van der Waals surface area contributed by atoms with Gasteiger partial charge in [0.25, 0.3) is 0 Å². The van der Waals surface area contributed by atoms with Crippen LogP contribution in [0.4, 0.5) is 23.5 Å². The molecule has 1 heterocycles. The van der Waals surface area contributed by atoms with Crippen LogP contribution in [0.1, 0.15) is 12.5 Å². The Bertz CT molecular complexity index is 1040. The molecule has 3 N–H and O–H groups in total. The minimum Gasteiger partial charge on any atom is -0.493 e. The zero-order valence-electron chi connectivity index (χ0n) is 16.7. The number of hydrogen-bond donors (Lipinski definition) is 3. The number of nitrogens with zero attached hydrogens (tertiary/aromatic N) is 4. The molecule has 0 aliphatic carbocycles. The van der Waals surface area contributed by atoms with Crippen LogP contribution in [0.25, 0.3) is 0 Å². The molecule has 1 aromatic heterocycles. The van der Waals surface area contributed by atoms with Gasteiger partial charge in [0.05, 0.1) is 13.3 Å². The number of rotatable bonds is 8. The Morgan fingerprint density at radius 1 is 1.00 bits per heavy atom.